The summed E-state index contributed by atoms with van der Waals surface area (Å²) in [5.74, 6) is 0.500. The van der Waals surface area contributed by atoms with Crippen LogP contribution in [0.15, 0.2) is 59.4 Å². The van der Waals surface area contributed by atoms with Gasteiger partial charge in [0.25, 0.3) is 5.91 Å². The van der Waals surface area contributed by atoms with Crippen LogP contribution in [-0.4, -0.2) is 38.3 Å². The number of methoxy groups -OCH3 is 1. The lowest BCUT2D eigenvalue weighted by Crippen LogP contribution is -2.07. The van der Waals surface area contributed by atoms with E-state index in [-0.39, 0.29) is 5.91 Å². The van der Waals surface area contributed by atoms with Gasteiger partial charge in [0.2, 0.25) is 0 Å². The fourth-order valence-electron chi connectivity index (χ4n) is 2.33. The number of nitrogens with zero attached hydrogens (tertiary/aromatic N) is 2. The van der Waals surface area contributed by atoms with E-state index in [2.05, 4.69) is 27.3 Å². The predicted molar refractivity (Wildman–Crippen MR) is 116 cm³/mol. The minimum absolute atomic E-state index is 0.305. The van der Waals surface area contributed by atoms with Gasteiger partial charge in [-0.05, 0) is 62.0 Å². The van der Waals surface area contributed by atoms with Crippen LogP contribution in [0.1, 0.15) is 24.5 Å². The number of anilines is 1. The lowest BCUT2D eigenvalue weighted by Gasteiger charge is -2.12. The molecule has 0 aliphatic rings. The Morgan fingerprint density at radius 1 is 1.29 bits per heavy atom. The number of aromatic nitrogens is 1. The van der Waals surface area contributed by atoms with E-state index >= 15 is 0 Å². The van der Waals surface area contributed by atoms with Gasteiger partial charge >= 0.3 is 0 Å². The molecule has 0 saturated carbocycles. The molecular weight excluding hydrogens is 352 g/mol. The number of aliphatic imine (C=N–C) groups is 1. The lowest BCUT2D eigenvalue weighted by molar-refractivity contribution is -0.113. The van der Waals surface area contributed by atoms with Crippen molar-refractivity contribution in [2.75, 3.05) is 26.0 Å². The van der Waals surface area contributed by atoms with Crippen LogP contribution in [0.3, 0.4) is 0 Å². The number of carbonyl (C=O) groups is 1. The molecule has 1 aromatic carbocycles. The van der Waals surface area contributed by atoms with E-state index in [1.54, 1.807) is 19.5 Å². The largest absolute Gasteiger partial charge is 0.497 e. The number of aryl methyl sites for hydroxylation is 1. The van der Waals surface area contributed by atoms with Gasteiger partial charge in [0, 0.05) is 43.3 Å². The van der Waals surface area contributed by atoms with Crippen molar-refractivity contribution in [3.8, 4) is 5.75 Å². The Hall–Kier alpha value is -2.99. The zero-order valence-corrected chi connectivity index (χ0v) is 17.2. The first-order valence-corrected chi connectivity index (χ1v) is 9.16. The molecule has 0 spiro atoms. The maximum absolute atomic E-state index is 11.2. The number of nitrogens with one attached hydrogen (secondary N) is 2. The van der Waals surface area contributed by atoms with Crippen molar-refractivity contribution in [2.45, 2.75) is 26.8 Å². The van der Waals surface area contributed by atoms with Crippen LogP contribution in [0.2, 0.25) is 0 Å². The number of hydrogen-bond acceptors (Lipinski definition) is 5. The Morgan fingerprint density at radius 3 is 2.57 bits per heavy atom. The molecule has 0 bridgehead atoms. The molecule has 2 rings (SSSR count). The second kappa shape index (κ2) is 13.2. The number of rotatable bonds is 8. The van der Waals surface area contributed by atoms with Gasteiger partial charge in [-0.1, -0.05) is 13.0 Å². The highest BCUT2D eigenvalue weighted by atomic mass is 16.5. The van der Waals surface area contributed by atoms with Crippen LogP contribution in [0.5, 0.6) is 5.75 Å². The molecule has 0 aliphatic heterocycles. The first kappa shape index (κ1) is 23.0. The van der Waals surface area contributed by atoms with Gasteiger partial charge in [0.05, 0.1) is 7.11 Å². The SMILES string of the molecule is C=NC(=O)/C=C(/CC)CNc1cc(OC)ccc1C.CNCc1ccncc1. The van der Waals surface area contributed by atoms with E-state index in [0.29, 0.717) is 6.54 Å². The average Bonchev–Trinajstić information content (AvgIpc) is 2.73. The van der Waals surface area contributed by atoms with Crippen LogP contribution >= 0.6 is 0 Å². The average molecular weight is 383 g/mol. The van der Waals surface area contributed by atoms with Gasteiger partial charge in [-0.15, -0.1) is 0 Å². The summed E-state index contributed by atoms with van der Waals surface area (Å²) in [6, 6.07) is 9.85. The van der Waals surface area contributed by atoms with Crippen molar-refractivity contribution in [3.63, 3.8) is 0 Å². The standard InChI is InChI=1S/C15H20N2O2.C7H10N2/c1-5-12(8-15(18)16-3)10-17-14-9-13(19-4)7-6-11(14)2;1-8-6-7-2-4-9-5-3-7/h6-9,17H,3,5,10H2,1-2,4H3;2-5,8H,6H2,1H3/b12-8-;. The molecule has 6 nitrogen and oxygen atoms in total. The molecule has 28 heavy (non-hydrogen) atoms. The summed E-state index contributed by atoms with van der Waals surface area (Å²) in [5, 5.41) is 6.36. The van der Waals surface area contributed by atoms with Gasteiger partial charge < -0.3 is 15.4 Å². The van der Waals surface area contributed by atoms with Crippen molar-refractivity contribution in [2.24, 2.45) is 4.99 Å². The van der Waals surface area contributed by atoms with Crippen LogP contribution < -0.4 is 15.4 Å². The van der Waals surface area contributed by atoms with Crippen LogP contribution in [-0.2, 0) is 11.3 Å². The molecule has 0 radical (unpaired) electrons. The predicted octanol–water partition coefficient (Wildman–Crippen LogP) is 3.78. The fourth-order valence-corrected chi connectivity index (χ4v) is 2.33. The maximum atomic E-state index is 11.2. The zero-order valence-electron chi connectivity index (χ0n) is 17.2. The first-order valence-electron chi connectivity index (χ1n) is 9.16. The number of ether oxygens (including phenoxy) is 1. The van der Waals surface area contributed by atoms with E-state index < -0.39 is 0 Å². The number of hydrogen-bond donors (Lipinski definition) is 2. The summed E-state index contributed by atoms with van der Waals surface area (Å²) in [6.07, 6.45) is 5.91. The van der Waals surface area contributed by atoms with Crippen LogP contribution in [0.25, 0.3) is 0 Å². The molecule has 2 N–H and O–H groups in total. The summed E-state index contributed by atoms with van der Waals surface area (Å²) in [7, 11) is 3.57. The van der Waals surface area contributed by atoms with Gasteiger partial charge in [0.15, 0.2) is 0 Å². The molecule has 150 valence electrons. The quantitative estimate of drug-likeness (QED) is 0.537. The molecule has 1 heterocycles. The van der Waals surface area contributed by atoms with Crippen LogP contribution in [0.4, 0.5) is 5.69 Å². The van der Waals surface area contributed by atoms with Gasteiger partial charge in [0.1, 0.15) is 5.75 Å². The van der Waals surface area contributed by atoms with E-state index in [1.807, 2.05) is 51.2 Å². The summed E-state index contributed by atoms with van der Waals surface area (Å²) < 4.78 is 5.19. The van der Waals surface area contributed by atoms with Gasteiger partial charge in [-0.3, -0.25) is 9.78 Å². The lowest BCUT2D eigenvalue weighted by atomic mass is 10.1. The number of carbonyl (C=O) groups excluding carboxylic acids is 1. The number of pyridine rings is 1. The van der Waals surface area contributed by atoms with Gasteiger partial charge in [-0.2, -0.15) is 0 Å². The highest BCUT2D eigenvalue weighted by Crippen LogP contribution is 2.22. The summed E-state index contributed by atoms with van der Waals surface area (Å²) in [6.45, 7) is 8.77. The molecule has 0 atom stereocenters. The smallest absolute Gasteiger partial charge is 0.269 e. The van der Waals surface area contributed by atoms with Crippen LogP contribution in [0, 0.1) is 6.92 Å². The van der Waals surface area contributed by atoms with E-state index in [0.717, 1.165) is 35.5 Å². The highest BCUT2D eigenvalue weighted by molar-refractivity contribution is 5.91. The molecule has 0 unspecified atom stereocenters. The molecule has 0 saturated heterocycles. The van der Waals surface area contributed by atoms with E-state index in [9.17, 15) is 4.79 Å². The summed E-state index contributed by atoms with van der Waals surface area (Å²) in [4.78, 5) is 18.5. The molecule has 0 aliphatic carbocycles. The molecule has 2 aromatic rings. The normalized spacial score (nSPS) is 10.5. The van der Waals surface area contributed by atoms with Crippen molar-refractivity contribution < 1.29 is 9.53 Å². The molecule has 6 heteroatoms. The minimum atomic E-state index is -0.305. The second-order valence-electron chi connectivity index (χ2n) is 6.07. The third-order valence-electron chi connectivity index (χ3n) is 4.02. The molecular formula is C22H30N4O2. The Labute approximate surface area is 167 Å². The number of amides is 1. The van der Waals surface area contributed by atoms with E-state index in [4.69, 9.17) is 4.74 Å². The van der Waals surface area contributed by atoms with Gasteiger partial charge in [-0.25, -0.2) is 4.99 Å². The zero-order chi connectivity index (χ0) is 20.8. The third kappa shape index (κ3) is 8.60. The maximum Gasteiger partial charge on any atom is 0.269 e. The second-order valence-corrected chi connectivity index (χ2v) is 6.07. The topological polar surface area (TPSA) is 75.6 Å². The number of benzene rings is 1. The third-order valence-corrected chi connectivity index (χ3v) is 4.02. The fraction of sp³-hybridized carbons (Fsp3) is 0.318. The van der Waals surface area contributed by atoms with Crippen molar-refractivity contribution in [1.82, 2.24) is 10.3 Å². The summed E-state index contributed by atoms with van der Waals surface area (Å²) >= 11 is 0. The summed E-state index contributed by atoms with van der Waals surface area (Å²) in [5.41, 5.74) is 4.38. The monoisotopic (exact) mass is 382 g/mol. The van der Waals surface area contributed by atoms with Crippen molar-refractivity contribution >= 4 is 18.3 Å². The van der Waals surface area contributed by atoms with Crippen molar-refractivity contribution in [1.29, 1.82) is 0 Å². The van der Waals surface area contributed by atoms with E-state index in [1.165, 1.54) is 11.6 Å². The Balaban J connectivity index is 0.000000362. The first-order chi connectivity index (χ1) is 13.5. The minimum Gasteiger partial charge on any atom is -0.497 e. The Bertz CT molecular complexity index is 773. The van der Waals surface area contributed by atoms with Crippen molar-refractivity contribution in [3.05, 3.63) is 65.5 Å². The Morgan fingerprint density at radius 2 is 2.00 bits per heavy atom. The molecule has 1 aromatic heterocycles. The molecule has 1 amide bonds. The molecule has 0 fully saturated rings. The highest BCUT2D eigenvalue weighted by Gasteiger charge is 2.03. The Kier molecular flexibility index (Phi) is 10.9.